The van der Waals surface area contributed by atoms with Crippen LogP contribution in [0, 0.1) is 0 Å². The number of hydrogen-bond acceptors (Lipinski definition) is 5. The maximum absolute atomic E-state index is 12.4. The van der Waals surface area contributed by atoms with Gasteiger partial charge in [0.2, 0.25) is 5.95 Å². The summed E-state index contributed by atoms with van der Waals surface area (Å²) in [5.41, 5.74) is -0.663. The van der Waals surface area contributed by atoms with Gasteiger partial charge in [0.15, 0.2) is 11.2 Å². The number of imidazole rings is 1. The average molecular weight is 342 g/mol. The lowest BCUT2D eigenvalue weighted by Gasteiger charge is -2.07. The van der Waals surface area contributed by atoms with Crippen LogP contribution >= 0.6 is 11.6 Å². The molecule has 0 saturated carbocycles. The lowest BCUT2D eigenvalue weighted by atomic mass is 10.4. The number of halogens is 1. The maximum atomic E-state index is 12.4. The van der Waals surface area contributed by atoms with E-state index in [1.165, 1.54) is 23.2 Å². The van der Waals surface area contributed by atoms with Gasteiger partial charge in [-0.3, -0.25) is 18.7 Å². The van der Waals surface area contributed by atoms with Gasteiger partial charge >= 0.3 is 11.7 Å². The van der Waals surface area contributed by atoms with Crippen LogP contribution in [0.1, 0.15) is 6.92 Å². The molecule has 9 nitrogen and oxygen atoms in total. The van der Waals surface area contributed by atoms with Crippen molar-refractivity contribution in [1.82, 2.24) is 18.7 Å². The molecule has 2 aromatic heterocycles. The Balaban J connectivity index is 2.76. The zero-order chi connectivity index (χ0) is 17.3. The number of carboxylic acid groups (broad SMARTS) is 1. The molecule has 2 rings (SSSR count). The molecule has 2 N–H and O–H groups in total. The molecule has 0 aliphatic carbocycles. The van der Waals surface area contributed by atoms with E-state index in [-0.39, 0.29) is 30.2 Å². The number of rotatable bonds is 5. The van der Waals surface area contributed by atoms with E-state index >= 15 is 0 Å². The molecule has 0 saturated heterocycles. The average Bonchev–Trinajstić information content (AvgIpc) is 2.85. The van der Waals surface area contributed by atoms with Gasteiger partial charge < -0.3 is 15.0 Å². The molecule has 0 atom stereocenters. The van der Waals surface area contributed by atoms with E-state index in [1.807, 2.05) is 0 Å². The van der Waals surface area contributed by atoms with E-state index in [0.717, 1.165) is 4.57 Å². The summed E-state index contributed by atoms with van der Waals surface area (Å²) in [4.78, 5) is 39.3. The van der Waals surface area contributed by atoms with E-state index in [4.69, 9.17) is 16.7 Å². The number of fused-ring (bicyclic) bond motifs is 1. The Morgan fingerprint density at radius 2 is 2.00 bits per heavy atom. The highest BCUT2D eigenvalue weighted by Crippen LogP contribution is 2.16. The quantitative estimate of drug-likeness (QED) is 0.796. The van der Waals surface area contributed by atoms with E-state index < -0.39 is 17.2 Å². The molecule has 0 aromatic carbocycles. The van der Waals surface area contributed by atoms with Crippen molar-refractivity contribution >= 4 is 34.7 Å². The molecule has 23 heavy (non-hydrogen) atoms. The van der Waals surface area contributed by atoms with E-state index in [0.29, 0.717) is 5.03 Å². The van der Waals surface area contributed by atoms with Crippen molar-refractivity contribution in [3.63, 3.8) is 0 Å². The first-order chi connectivity index (χ1) is 10.7. The Bertz CT molecular complexity index is 917. The predicted molar refractivity (Wildman–Crippen MR) is 86.0 cm³/mol. The fourth-order valence-corrected chi connectivity index (χ4v) is 2.20. The predicted octanol–water partition coefficient (Wildman–Crippen LogP) is 0.0728. The fraction of sp³-hybridized carbons (Fsp3) is 0.385. The molecular formula is C13H16ClN5O4. The summed E-state index contributed by atoms with van der Waals surface area (Å²) < 4.78 is 3.70. The molecule has 124 valence electrons. The number of allylic oxidation sites excluding steroid dienone is 2. The molecule has 10 heteroatoms. The minimum Gasteiger partial charge on any atom is -0.480 e. The number of aryl methyl sites for hydroxylation is 1. The smallest absolute Gasteiger partial charge is 0.332 e. The minimum atomic E-state index is -1.07. The number of aromatic nitrogens is 4. The molecule has 0 amide bonds. The molecule has 0 unspecified atom stereocenters. The van der Waals surface area contributed by atoms with Crippen molar-refractivity contribution in [1.29, 1.82) is 0 Å². The first kappa shape index (κ1) is 16.8. The SMILES string of the molecule is C/C(Cl)=C\Cn1c(NCC(=O)O)nc2c1c(=O)n(C)c(=O)n2C. The summed E-state index contributed by atoms with van der Waals surface area (Å²) in [6.45, 7) is 1.52. The lowest BCUT2D eigenvalue weighted by molar-refractivity contribution is -0.134. The molecule has 0 spiro atoms. The van der Waals surface area contributed by atoms with Gasteiger partial charge in [0.1, 0.15) is 6.54 Å². The molecule has 0 radical (unpaired) electrons. The molecule has 2 heterocycles. The molecule has 0 aliphatic rings. The summed E-state index contributed by atoms with van der Waals surface area (Å²) >= 11 is 5.83. The highest BCUT2D eigenvalue weighted by Gasteiger charge is 2.18. The minimum absolute atomic E-state index is 0.173. The number of aliphatic carboxylic acids is 1. The van der Waals surface area contributed by atoms with Gasteiger partial charge in [0, 0.05) is 25.7 Å². The maximum Gasteiger partial charge on any atom is 0.332 e. The number of nitrogens with zero attached hydrogens (tertiary/aromatic N) is 4. The van der Waals surface area contributed by atoms with Crippen molar-refractivity contribution in [2.45, 2.75) is 13.5 Å². The second-order valence-corrected chi connectivity index (χ2v) is 5.56. The van der Waals surface area contributed by atoms with Crippen molar-refractivity contribution in [3.8, 4) is 0 Å². The number of hydrogen-bond donors (Lipinski definition) is 2. The van der Waals surface area contributed by atoms with Crippen LogP contribution in [-0.2, 0) is 25.4 Å². The van der Waals surface area contributed by atoms with Gasteiger partial charge in [-0.2, -0.15) is 4.98 Å². The van der Waals surface area contributed by atoms with E-state index in [9.17, 15) is 14.4 Å². The van der Waals surface area contributed by atoms with Crippen LogP contribution in [0.5, 0.6) is 0 Å². The Labute approximate surface area is 135 Å². The van der Waals surface area contributed by atoms with Crippen LogP contribution in [-0.4, -0.2) is 36.3 Å². The topological polar surface area (TPSA) is 111 Å². The van der Waals surface area contributed by atoms with Crippen molar-refractivity contribution in [2.75, 3.05) is 11.9 Å². The third-order valence-corrected chi connectivity index (χ3v) is 3.46. The third-order valence-electron chi connectivity index (χ3n) is 3.30. The molecule has 0 fully saturated rings. The van der Waals surface area contributed by atoms with E-state index in [1.54, 1.807) is 13.0 Å². The first-order valence-corrected chi connectivity index (χ1v) is 7.06. The largest absolute Gasteiger partial charge is 0.480 e. The summed E-state index contributed by atoms with van der Waals surface area (Å²) in [6, 6.07) is 0. The summed E-state index contributed by atoms with van der Waals surface area (Å²) in [5, 5.41) is 11.9. The van der Waals surface area contributed by atoms with Gasteiger partial charge in [-0.15, -0.1) is 0 Å². The van der Waals surface area contributed by atoms with Gasteiger partial charge in [-0.1, -0.05) is 17.7 Å². The number of nitrogens with one attached hydrogen (secondary N) is 1. The zero-order valence-electron chi connectivity index (χ0n) is 12.8. The van der Waals surface area contributed by atoms with Crippen LogP contribution in [0.25, 0.3) is 11.2 Å². The molecule has 0 aliphatic heterocycles. The Morgan fingerprint density at radius 3 is 2.57 bits per heavy atom. The highest BCUT2D eigenvalue weighted by molar-refractivity contribution is 6.29. The van der Waals surface area contributed by atoms with Crippen molar-refractivity contribution in [2.24, 2.45) is 14.1 Å². The van der Waals surface area contributed by atoms with Crippen molar-refractivity contribution < 1.29 is 9.90 Å². The number of carboxylic acids is 1. The molecular weight excluding hydrogens is 326 g/mol. The van der Waals surface area contributed by atoms with Crippen molar-refractivity contribution in [3.05, 3.63) is 31.9 Å². The van der Waals surface area contributed by atoms with Crippen LogP contribution in [0.4, 0.5) is 5.95 Å². The fourth-order valence-electron chi connectivity index (χ4n) is 2.13. The zero-order valence-corrected chi connectivity index (χ0v) is 13.6. The standard InChI is InChI=1S/C13H16ClN5O4/c1-7(14)4-5-19-9-10(16-12(19)15-6-8(20)21)17(2)13(23)18(3)11(9)22/h4H,5-6H2,1-3H3,(H,15,16)(H,20,21)/b7-4+. The van der Waals surface area contributed by atoms with Gasteiger partial charge in [-0.25, -0.2) is 4.79 Å². The summed E-state index contributed by atoms with van der Waals surface area (Å²) in [6.07, 6.45) is 1.65. The van der Waals surface area contributed by atoms with Crippen LogP contribution in [0.15, 0.2) is 20.7 Å². The number of anilines is 1. The Morgan fingerprint density at radius 1 is 1.35 bits per heavy atom. The van der Waals surface area contributed by atoms with Crippen LogP contribution < -0.4 is 16.6 Å². The Kier molecular flexibility index (Phi) is 4.60. The van der Waals surface area contributed by atoms with Gasteiger partial charge in [0.25, 0.3) is 5.56 Å². The van der Waals surface area contributed by atoms with Gasteiger partial charge in [0.05, 0.1) is 0 Å². The van der Waals surface area contributed by atoms with Gasteiger partial charge in [-0.05, 0) is 6.92 Å². The normalized spacial score (nSPS) is 11.9. The van der Waals surface area contributed by atoms with Crippen LogP contribution in [0.2, 0.25) is 0 Å². The lowest BCUT2D eigenvalue weighted by Crippen LogP contribution is -2.37. The second-order valence-electron chi connectivity index (χ2n) is 4.96. The summed E-state index contributed by atoms with van der Waals surface area (Å²) in [7, 11) is 2.86. The molecule has 0 bridgehead atoms. The monoisotopic (exact) mass is 341 g/mol. The van der Waals surface area contributed by atoms with Crippen LogP contribution in [0.3, 0.4) is 0 Å². The highest BCUT2D eigenvalue weighted by atomic mass is 35.5. The summed E-state index contributed by atoms with van der Waals surface area (Å²) in [5.74, 6) is -0.899. The first-order valence-electron chi connectivity index (χ1n) is 6.68. The molecule has 2 aromatic rings. The number of carbonyl (C=O) groups is 1. The second kappa shape index (κ2) is 6.29. The van der Waals surface area contributed by atoms with E-state index in [2.05, 4.69) is 10.3 Å². The Hall–Kier alpha value is -2.55. The third kappa shape index (κ3) is 3.14.